The highest BCUT2D eigenvalue weighted by atomic mass is 35.5. The Kier molecular flexibility index (Phi) is 11.1. The van der Waals surface area contributed by atoms with Gasteiger partial charge in [0.1, 0.15) is 5.75 Å². The number of methoxy groups -OCH3 is 1. The van der Waals surface area contributed by atoms with E-state index in [1.54, 1.807) is 25.2 Å². The first-order valence-corrected chi connectivity index (χ1v) is 19.5. The molecule has 3 aliphatic heterocycles. The van der Waals surface area contributed by atoms with E-state index in [1.165, 1.54) is 23.1 Å². The summed E-state index contributed by atoms with van der Waals surface area (Å²) >= 11 is 6.47. The monoisotopic (exact) mass is 755 g/mol. The van der Waals surface area contributed by atoms with Gasteiger partial charge in [0.15, 0.2) is 5.60 Å². The van der Waals surface area contributed by atoms with Crippen molar-refractivity contribution in [1.82, 2.24) is 9.80 Å². The van der Waals surface area contributed by atoms with Gasteiger partial charge in [-0.05, 0) is 91.3 Å². The molecule has 1 N–H and O–H groups in total. The predicted molar refractivity (Wildman–Crippen MR) is 199 cm³/mol. The summed E-state index contributed by atoms with van der Waals surface area (Å²) in [5.41, 5.74) is 0.978. The molecule has 9 nitrogen and oxygen atoms in total. The minimum absolute atomic E-state index is 0.119. The molecule has 0 aromatic heterocycles. The van der Waals surface area contributed by atoms with Crippen molar-refractivity contribution in [2.75, 3.05) is 71.5 Å². The second kappa shape index (κ2) is 15.5. The molecule has 0 radical (unpaired) electrons. The summed E-state index contributed by atoms with van der Waals surface area (Å²) in [6.45, 7) is 3.97. The van der Waals surface area contributed by atoms with Gasteiger partial charge in [0.25, 0.3) is 5.92 Å². The number of aryl methyl sites for hydroxylation is 1. The predicted octanol–water partition coefficient (Wildman–Crippen LogP) is 6.12. The van der Waals surface area contributed by atoms with Crippen molar-refractivity contribution in [2.45, 2.75) is 80.8 Å². The molecule has 5 atom stereocenters. The summed E-state index contributed by atoms with van der Waals surface area (Å²) in [6, 6.07) is 11.4. The van der Waals surface area contributed by atoms with E-state index in [9.17, 15) is 23.5 Å². The van der Waals surface area contributed by atoms with Gasteiger partial charge in [0, 0.05) is 69.6 Å². The van der Waals surface area contributed by atoms with Crippen molar-refractivity contribution < 1.29 is 37.7 Å². The molecule has 53 heavy (non-hydrogen) atoms. The van der Waals surface area contributed by atoms with Crippen LogP contribution in [-0.4, -0.2) is 105 Å². The van der Waals surface area contributed by atoms with Crippen LogP contribution in [0.2, 0.25) is 5.02 Å². The van der Waals surface area contributed by atoms with Gasteiger partial charge in [-0.1, -0.05) is 35.9 Å². The summed E-state index contributed by atoms with van der Waals surface area (Å²) < 4.78 is 46.0. The fraction of sp³-hybridized carbons (Fsp3) is 0.610. The van der Waals surface area contributed by atoms with Crippen LogP contribution in [0.3, 0.4) is 0 Å². The van der Waals surface area contributed by atoms with E-state index in [0.717, 1.165) is 37.8 Å². The molecular formula is C41H52ClF2N3O6. The molecule has 2 aromatic rings. The van der Waals surface area contributed by atoms with Crippen LogP contribution in [0.4, 0.5) is 14.5 Å². The topological polar surface area (TPSA) is 91.8 Å². The molecule has 1 saturated carbocycles. The number of esters is 1. The third-order valence-corrected chi connectivity index (χ3v) is 12.7. The quantitative estimate of drug-likeness (QED) is 0.289. The van der Waals surface area contributed by atoms with Gasteiger partial charge in [0.05, 0.1) is 38.5 Å². The maximum Gasteiger partial charge on any atom is 0.343 e. The zero-order valence-electron chi connectivity index (χ0n) is 30.8. The van der Waals surface area contributed by atoms with E-state index in [-0.39, 0.29) is 41.8 Å². The van der Waals surface area contributed by atoms with Gasteiger partial charge in [-0.25, -0.2) is 13.6 Å². The first-order valence-electron chi connectivity index (χ1n) is 19.1. The van der Waals surface area contributed by atoms with Crippen LogP contribution in [0.25, 0.3) is 0 Å². The molecule has 2 bridgehead atoms. The molecule has 7 rings (SSSR count). The van der Waals surface area contributed by atoms with E-state index in [1.807, 2.05) is 12.1 Å². The van der Waals surface area contributed by atoms with Crippen molar-refractivity contribution >= 4 is 29.2 Å². The van der Waals surface area contributed by atoms with E-state index in [4.69, 9.17) is 25.8 Å². The van der Waals surface area contributed by atoms with Crippen LogP contribution in [0.15, 0.2) is 48.6 Å². The zero-order chi connectivity index (χ0) is 37.4. The van der Waals surface area contributed by atoms with Gasteiger partial charge in [-0.2, -0.15) is 0 Å². The standard InChI is InChI=1S/C41H52ClF2N3O6/c1-45-17-4-3-7-35(52-21-20-46-18-15-40(43,44)16-19-46)32-11-8-29(32)25-47-26-39(14-5-6-28-22-31(42)10-12-33(28)39)27-53-36-13-9-30(23-34(36)47)41(50,24-37(45)48)38(49)51-2/h3,7,9-10,12-13,22-23,29,32,35,50H,4-6,8,11,14-21,24-27H2,1-2H3/b7-3-/t29-,32+,35-,39-,41+/m0/s1. The van der Waals surface area contributed by atoms with Crippen molar-refractivity contribution in [2.24, 2.45) is 11.8 Å². The zero-order valence-corrected chi connectivity index (χ0v) is 31.6. The third-order valence-electron chi connectivity index (χ3n) is 12.5. The van der Waals surface area contributed by atoms with Crippen LogP contribution in [0.5, 0.6) is 5.75 Å². The highest BCUT2D eigenvalue weighted by molar-refractivity contribution is 6.30. The van der Waals surface area contributed by atoms with Gasteiger partial charge in [-0.3, -0.25) is 4.79 Å². The van der Waals surface area contributed by atoms with Crippen molar-refractivity contribution in [3.63, 3.8) is 0 Å². The number of aliphatic hydroxyl groups is 1. The lowest BCUT2D eigenvalue weighted by Gasteiger charge is -2.46. The summed E-state index contributed by atoms with van der Waals surface area (Å²) in [5.74, 6) is -2.72. The summed E-state index contributed by atoms with van der Waals surface area (Å²) in [5, 5.41) is 12.7. The highest BCUT2D eigenvalue weighted by Gasteiger charge is 2.47. The molecule has 288 valence electrons. The normalized spacial score (nSPS) is 31.1. The SMILES string of the molecule is COC(=O)[C@@]1(O)CC(=O)N(C)CC/C=C\[C@H](OCCN2CCC(F)(F)CC2)[C@@H]2CC[C@H]2CN2C[C@@]3(CCCc4cc(Cl)ccc43)COc3ccc1cc32. The number of halogens is 3. The second-order valence-corrected chi connectivity index (χ2v) is 16.3. The number of carbonyl (C=O) groups excluding carboxylic acids is 2. The largest absolute Gasteiger partial charge is 0.490 e. The first kappa shape index (κ1) is 38.0. The van der Waals surface area contributed by atoms with Crippen LogP contribution in [0, 0.1) is 11.8 Å². The molecule has 1 amide bonds. The molecule has 0 unspecified atom stereocenters. The third kappa shape index (κ3) is 7.95. The molecule has 12 heteroatoms. The Balaban J connectivity index is 1.23. The molecule has 2 fully saturated rings. The Morgan fingerprint density at radius 2 is 1.91 bits per heavy atom. The Morgan fingerprint density at radius 3 is 2.66 bits per heavy atom. The van der Waals surface area contributed by atoms with Gasteiger partial charge in [0.2, 0.25) is 5.91 Å². The number of benzene rings is 2. The Morgan fingerprint density at radius 1 is 1.09 bits per heavy atom. The molecule has 2 aromatic carbocycles. The lowest BCUT2D eigenvalue weighted by atomic mass is 9.68. The molecule has 2 aliphatic carbocycles. The lowest BCUT2D eigenvalue weighted by Crippen LogP contribution is -2.50. The first-order chi connectivity index (χ1) is 25.4. The van der Waals surface area contributed by atoms with E-state index < -0.39 is 29.8 Å². The van der Waals surface area contributed by atoms with Crippen molar-refractivity contribution in [3.8, 4) is 5.75 Å². The highest BCUT2D eigenvalue weighted by Crippen LogP contribution is 2.48. The molecule has 1 saturated heterocycles. The number of fused-ring (bicyclic) bond motifs is 4. The van der Waals surface area contributed by atoms with Crippen LogP contribution in [-0.2, 0) is 36.5 Å². The number of hydrogen-bond acceptors (Lipinski definition) is 8. The van der Waals surface area contributed by atoms with Gasteiger partial charge < -0.3 is 34.0 Å². The minimum atomic E-state index is -2.59. The number of amides is 1. The van der Waals surface area contributed by atoms with Crippen LogP contribution in [0.1, 0.15) is 68.1 Å². The maximum absolute atomic E-state index is 13.8. The Hall–Kier alpha value is -3.25. The Bertz CT molecular complexity index is 1700. The summed E-state index contributed by atoms with van der Waals surface area (Å²) in [6.07, 6.45) is 8.69. The number of piperidine rings is 1. The van der Waals surface area contributed by atoms with E-state index >= 15 is 0 Å². The summed E-state index contributed by atoms with van der Waals surface area (Å²) in [4.78, 5) is 32.8. The van der Waals surface area contributed by atoms with E-state index in [2.05, 4.69) is 28.0 Å². The maximum atomic E-state index is 13.8. The fourth-order valence-corrected chi connectivity index (χ4v) is 9.28. The number of anilines is 1. The number of alkyl halides is 2. The van der Waals surface area contributed by atoms with Crippen molar-refractivity contribution in [3.05, 3.63) is 70.3 Å². The average molecular weight is 756 g/mol. The minimum Gasteiger partial charge on any atom is -0.490 e. The second-order valence-electron chi connectivity index (χ2n) is 15.9. The van der Waals surface area contributed by atoms with Gasteiger partial charge >= 0.3 is 5.97 Å². The molecule has 1 spiro atoms. The number of hydrogen-bond donors (Lipinski definition) is 1. The smallest absolute Gasteiger partial charge is 0.343 e. The number of likely N-dealkylation sites (tertiary alicyclic amines) is 1. The number of ether oxygens (including phenoxy) is 3. The molecule has 3 heterocycles. The molecular weight excluding hydrogens is 704 g/mol. The van der Waals surface area contributed by atoms with E-state index in [0.29, 0.717) is 69.7 Å². The molecule has 5 aliphatic rings. The summed E-state index contributed by atoms with van der Waals surface area (Å²) in [7, 11) is 2.88. The van der Waals surface area contributed by atoms with Crippen molar-refractivity contribution in [1.29, 1.82) is 0 Å². The van der Waals surface area contributed by atoms with Crippen LogP contribution >= 0.6 is 11.6 Å². The average Bonchev–Trinajstić information content (AvgIpc) is 3.28. The number of nitrogens with zero attached hydrogens (tertiary/aromatic N) is 3. The lowest BCUT2D eigenvalue weighted by molar-refractivity contribution is -0.168. The fourth-order valence-electron chi connectivity index (χ4n) is 9.09. The number of carbonyl (C=O) groups is 2. The number of rotatable bonds is 5. The van der Waals surface area contributed by atoms with Crippen LogP contribution < -0.4 is 9.64 Å². The Labute approximate surface area is 316 Å². The van der Waals surface area contributed by atoms with Gasteiger partial charge in [-0.15, -0.1) is 0 Å².